The molecule has 0 unspecified atom stereocenters. The molecule has 1 saturated heterocycles. The van der Waals surface area contributed by atoms with Gasteiger partial charge in [-0.05, 0) is 25.2 Å². The van der Waals surface area contributed by atoms with Crippen molar-refractivity contribution in [3.05, 3.63) is 11.4 Å². The molecule has 0 bridgehead atoms. The monoisotopic (exact) mass is 278 g/mol. The molecule has 1 aromatic heterocycles. The second kappa shape index (κ2) is 6.29. The van der Waals surface area contributed by atoms with Crippen LogP contribution in [0, 0.1) is 5.92 Å². The van der Waals surface area contributed by atoms with Gasteiger partial charge in [-0.25, -0.2) is 0 Å². The number of carbonyl (C=O) groups is 1. The van der Waals surface area contributed by atoms with Crippen LogP contribution in [0.25, 0.3) is 0 Å². The molecular formula is C15H26N4O. The SMILES string of the molecule is CCCC1CCN(C(=O)c2c(N)c(CC)nn2C)CC1. The van der Waals surface area contributed by atoms with E-state index in [1.807, 2.05) is 11.8 Å². The van der Waals surface area contributed by atoms with Gasteiger partial charge in [0.05, 0.1) is 11.4 Å². The molecule has 1 amide bonds. The van der Waals surface area contributed by atoms with Crippen molar-refractivity contribution >= 4 is 11.6 Å². The van der Waals surface area contributed by atoms with E-state index >= 15 is 0 Å². The van der Waals surface area contributed by atoms with Crippen molar-refractivity contribution in [1.29, 1.82) is 0 Å². The summed E-state index contributed by atoms with van der Waals surface area (Å²) >= 11 is 0. The van der Waals surface area contributed by atoms with Gasteiger partial charge in [0.1, 0.15) is 5.69 Å². The summed E-state index contributed by atoms with van der Waals surface area (Å²) < 4.78 is 1.63. The molecule has 5 nitrogen and oxygen atoms in total. The van der Waals surface area contributed by atoms with Crippen LogP contribution < -0.4 is 5.73 Å². The zero-order chi connectivity index (χ0) is 14.7. The molecule has 112 valence electrons. The maximum atomic E-state index is 12.6. The Kier molecular flexibility index (Phi) is 4.68. The molecule has 1 aromatic rings. The summed E-state index contributed by atoms with van der Waals surface area (Å²) in [6.45, 7) is 5.91. The van der Waals surface area contributed by atoms with Gasteiger partial charge in [0, 0.05) is 20.1 Å². The van der Waals surface area contributed by atoms with E-state index in [1.54, 1.807) is 11.7 Å². The largest absolute Gasteiger partial charge is 0.395 e. The van der Waals surface area contributed by atoms with Crippen LogP contribution >= 0.6 is 0 Å². The Morgan fingerprint density at radius 2 is 2.00 bits per heavy atom. The lowest BCUT2D eigenvalue weighted by atomic mass is 9.92. The lowest BCUT2D eigenvalue weighted by molar-refractivity contribution is 0.0676. The van der Waals surface area contributed by atoms with E-state index in [-0.39, 0.29) is 5.91 Å². The Labute approximate surface area is 121 Å². The zero-order valence-corrected chi connectivity index (χ0v) is 12.9. The number of nitrogens with two attached hydrogens (primary N) is 1. The average molecular weight is 278 g/mol. The smallest absolute Gasteiger partial charge is 0.274 e. The predicted molar refractivity (Wildman–Crippen MR) is 80.5 cm³/mol. The number of piperidine rings is 1. The molecule has 2 heterocycles. The number of rotatable bonds is 4. The van der Waals surface area contributed by atoms with Gasteiger partial charge in [-0.3, -0.25) is 9.48 Å². The number of amides is 1. The molecule has 0 spiro atoms. The zero-order valence-electron chi connectivity index (χ0n) is 12.9. The van der Waals surface area contributed by atoms with Gasteiger partial charge in [-0.2, -0.15) is 5.10 Å². The Bertz CT molecular complexity index is 472. The third kappa shape index (κ3) is 2.81. The van der Waals surface area contributed by atoms with Crippen molar-refractivity contribution in [2.75, 3.05) is 18.8 Å². The number of hydrogen-bond donors (Lipinski definition) is 1. The van der Waals surface area contributed by atoms with Crippen molar-refractivity contribution in [3.8, 4) is 0 Å². The van der Waals surface area contributed by atoms with Crippen LogP contribution in [0.5, 0.6) is 0 Å². The van der Waals surface area contributed by atoms with Crippen molar-refractivity contribution in [2.45, 2.75) is 46.0 Å². The van der Waals surface area contributed by atoms with E-state index < -0.39 is 0 Å². The lowest BCUT2D eigenvalue weighted by Gasteiger charge is -2.32. The molecule has 2 rings (SSSR count). The van der Waals surface area contributed by atoms with E-state index in [0.29, 0.717) is 11.4 Å². The summed E-state index contributed by atoms with van der Waals surface area (Å²) in [5.41, 5.74) is 7.99. The van der Waals surface area contributed by atoms with Crippen LogP contribution in [-0.4, -0.2) is 33.7 Å². The van der Waals surface area contributed by atoms with Gasteiger partial charge in [0.25, 0.3) is 5.91 Å². The minimum atomic E-state index is 0.0344. The number of nitrogen functional groups attached to an aromatic ring is 1. The summed E-state index contributed by atoms with van der Waals surface area (Å²) in [6.07, 6.45) is 5.48. The highest BCUT2D eigenvalue weighted by atomic mass is 16.2. The van der Waals surface area contributed by atoms with E-state index in [0.717, 1.165) is 44.0 Å². The van der Waals surface area contributed by atoms with Crippen LogP contribution in [0.1, 0.15) is 55.7 Å². The topological polar surface area (TPSA) is 64.2 Å². The van der Waals surface area contributed by atoms with Crippen LogP contribution in [0.3, 0.4) is 0 Å². The first-order valence-corrected chi connectivity index (χ1v) is 7.69. The first-order chi connectivity index (χ1) is 9.58. The molecule has 0 aromatic carbocycles. The van der Waals surface area contributed by atoms with E-state index in [2.05, 4.69) is 12.0 Å². The molecule has 0 radical (unpaired) electrons. The number of nitrogens with zero attached hydrogens (tertiary/aromatic N) is 3. The lowest BCUT2D eigenvalue weighted by Crippen LogP contribution is -2.39. The maximum absolute atomic E-state index is 12.6. The number of hydrogen-bond acceptors (Lipinski definition) is 3. The molecule has 2 N–H and O–H groups in total. The number of aryl methyl sites for hydroxylation is 2. The second-order valence-corrected chi connectivity index (χ2v) is 5.71. The maximum Gasteiger partial charge on any atom is 0.274 e. The molecule has 20 heavy (non-hydrogen) atoms. The molecule has 0 saturated carbocycles. The van der Waals surface area contributed by atoms with Crippen LogP contribution in [0.4, 0.5) is 5.69 Å². The van der Waals surface area contributed by atoms with Crippen LogP contribution in [0.15, 0.2) is 0 Å². The highest BCUT2D eigenvalue weighted by Crippen LogP contribution is 2.25. The minimum absolute atomic E-state index is 0.0344. The highest BCUT2D eigenvalue weighted by Gasteiger charge is 2.27. The van der Waals surface area contributed by atoms with Gasteiger partial charge in [0.2, 0.25) is 0 Å². The standard InChI is InChI=1S/C15H26N4O/c1-4-6-11-7-9-19(10-8-11)15(20)14-13(16)12(5-2)17-18(14)3/h11H,4-10,16H2,1-3H3. The Morgan fingerprint density at radius 3 is 2.50 bits per heavy atom. The highest BCUT2D eigenvalue weighted by molar-refractivity contribution is 5.98. The number of aromatic nitrogens is 2. The van der Waals surface area contributed by atoms with Crippen molar-refractivity contribution in [3.63, 3.8) is 0 Å². The number of anilines is 1. The first kappa shape index (κ1) is 14.9. The van der Waals surface area contributed by atoms with E-state index in [4.69, 9.17) is 5.73 Å². The van der Waals surface area contributed by atoms with E-state index in [9.17, 15) is 4.79 Å². The molecule has 0 atom stereocenters. The molecule has 1 aliphatic rings. The molecule has 1 fully saturated rings. The third-order valence-corrected chi connectivity index (χ3v) is 4.30. The number of carbonyl (C=O) groups excluding carboxylic acids is 1. The van der Waals surface area contributed by atoms with Gasteiger partial charge >= 0.3 is 0 Å². The van der Waals surface area contributed by atoms with Crippen molar-refractivity contribution in [2.24, 2.45) is 13.0 Å². The Morgan fingerprint density at radius 1 is 1.35 bits per heavy atom. The fourth-order valence-electron chi connectivity index (χ4n) is 3.09. The summed E-state index contributed by atoms with van der Waals surface area (Å²) in [7, 11) is 1.80. The number of likely N-dealkylation sites (tertiary alicyclic amines) is 1. The van der Waals surface area contributed by atoms with E-state index in [1.165, 1.54) is 12.8 Å². The third-order valence-electron chi connectivity index (χ3n) is 4.30. The summed E-state index contributed by atoms with van der Waals surface area (Å²) in [4.78, 5) is 14.5. The average Bonchev–Trinajstić information content (AvgIpc) is 2.74. The second-order valence-electron chi connectivity index (χ2n) is 5.71. The van der Waals surface area contributed by atoms with Crippen molar-refractivity contribution in [1.82, 2.24) is 14.7 Å². The Balaban J connectivity index is 2.07. The van der Waals surface area contributed by atoms with Crippen molar-refractivity contribution < 1.29 is 4.79 Å². The molecule has 1 aliphatic heterocycles. The predicted octanol–water partition coefficient (Wildman–Crippen LogP) is 2.22. The van der Waals surface area contributed by atoms with Gasteiger partial charge < -0.3 is 10.6 Å². The first-order valence-electron chi connectivity index (χ1n) is 7.69. The summed E-state index contributed by atoms with van der Waals surface area (Å²) in [5.74, 6) is 0.811. The van der Waals surface area contributed by atoms with Gasteiger partial charge in [-0.15, -0.1) is 0 Å². The van der Waals surface area contributed by atoms with Crippen LogP contribution in [-0.2, 0) is 13.5 Å². The molecular weight excluding hydrogens is 252 g/mol. The minimum Gasteiger partial charge on any atom is -0.395 e. The summed E-state index contributed by atoms with van der Waals surface area (Å²) in [6, 6.07) is 0. The fourth-order valence-corrected chi connectivity index (χ4v) is 3.09. The molecule has 5 heteroatoms. The van der Waals surface area contributed by atoms with Crippen LogP contribution in [0.2, 0.25) is 0 Å². The van der Waals surface area contributed by atoms with Gasteiger partial charge in [0.15, 0.2) is 0 Å². The normalized spacial score (nSPS) is 16.6. The van der Waals surface area contributed by atoms with Gasteiger partial charge in [-0.1, -0.05) is 26.7 Å². The quantitative estimate of drug-likeness (QED) is 0.918. The summed E-state index contributed by atoms with van der Waals surface area (Å²) in [5, 5.41) is 4.33. The fraction of sp³-hybridized carbons (Fsp3) is 0.733. The molecule has 0 aliphatic carbocycles. The Hall–Kier alpha value is -1.52.